The lowest BCUT2D eigenvalue weighted by molar-refractivity contribution is -0.137. The summed E-state index contributed by atoms with van der Waals surface area (Å²) in [5.41, 5.74) is 6.50. The molecule has 0 bridgehead atoms. The number of carbonyl (C=O) groups is 1. The zero-order valence-corrected chi connectivity index (χ0v) is 16.2. The molecule has 1 fully saturated rings. The van der Waals surface area contributed by atoms with Crippen molar-refractivity contribution in [1.82, 2.24) is 4.90 Å². The van der Waals surface area contributed by atoms with E-state index in [2.05, 4.69) is 25.3 Å². The maximum atomic E-state index is 12.0. The average molecular weight is 341 g/mol. The number of Topliss-reactive ketones (excluding diaryl/α,β-unsaturated/α-hetero) is 1. The van der Waals surface area contributed by atoms with Crippen LogP contribution in [0.2, 0.25) is 0 Å². The first-order valence-corrected chi connectivity index (χ1v) is 9.06. The van der Waals surface area contributed by atoms with E-state index < -0.39 is 0 Å². The van der Waals surface area contributed by atoms with Crippen LogP contribution in [-0.2, 0) is 14.3 Å². The van der Waals surface area contributed by atoms with Crippen molar-refractivity contribution in [3.8, 4) is 0 Å². The van der Waals surface area contributed by atoms with E-state index in [0.717, 1.165) is 12.8 Å². The van der Waals surface area contributed by atoms with Gasteiger partial charge < -0.3 is 15.2 Å². The third-order valence-corrected chi connectivity index (χ3v) is 5.74. The Labute approximate surface area is 147 Å². The third-order valence-electron chi connectivity index (χ3n) is 5.74. The monoisotopic (exact) mass is 340 g/mol. The van der Waals surface area contributed by atoms with Gasteiger partial charge in [-0.2, -0.15) is 0 Å². The minimum atomic E-state index is -0.245. The van der Waals surface area contributed by atoms with Crippen molar-refractivity contribution in [2.24, 2.45) is 17.1 Å². The maximum Gasteiger partial charge on any atom is 0.154 e. The largest absolute Gasteiger partial charge is 0.353 e. The van der Waals surface area contributed by atoms with Crippen LogP contribution in [0.25, 0.3) is 0 Å². The van der Waals surface area contributed by atoms with Crippen LogP contribution < -0.4 is 5.73 Å². The number of carbonyl (C=O) groups excluding carboxylic acids is 1. The summed E-state index contributed by atoms with van der Waals surface area (Å²) in [5.74, 6) is 0.388. The molecule has 1 aliphatic rings. The van der Waals surface area contributed by atoms with Crippen LogP contribution in [0, 0.1) is 11.3 Å². The van der Waals surface area contributed by atoms with Crippen molar-refractivity contribution >= 4 is 5.78 Å². The molecule has 6 atom stereocenters. The van der Waals surface area contributed by atoms with Gasteiger partial charge in [0.25, 0.3) is 0 Å². The number of nitrogens with zero attached hydrogens (tertiary/aromatic N) is 1. The van der Waals surface area contributed by atoms with Crippen LogP contribution in [0.15, 0.2) is 12.7 Å². The molecule has 0 amide bonds. The Morgan fingerprint density at radius 3 is 2.54 bits per heavy atom. The van der Waals surface area contributed by atoms with Crippen molar-refractivity contribution in [2.75, 3.05) is 20.3 Å². The van der Waals surface area contributed by atoms with Crippen LogP contribution in [0.4, 0.5) is 0 Å². The SMILES string of the molecule is C=C[C@](C)(CC)[C@H](N)[C@H]1[C@H](COC(C)OCC)C[C@H](C(C)=O)N1C. The Morgan fingerprint density at radius 2 is 2.08 bits per heavy atom. The molecule has 5 heteroatoms. The predicted octanol–water partition coefficient (Wildman–Crippen LogP) is 2.59. The number of likely N-dealkylation sites (tertiary alicyclic amines) is 1. The summed E-state index contributed by atoms with van der Waals surface area (Å²) in [5, 5.41) is 0. The molecule has 0 radical (unpaired) electrons. The summed E-state index contributed by atoms with van der Waals surface area (Å²) in [6.45, 7) is 14.9. The quantitative estimate of drug-likeness (QED) is 0.489. The highest BCUT2D eigenvalue weighted by atomic mass is 16.7. The fourth-order valence-electron chi connectivity index (χ4n) is 3.75. The van der Waals surface area contributed by atoms with Gasteiger partial charge in [-0.25, -0.2) is 0 Å². The van der Waals surface area contributed by atoms with Gasteiger partial charge in [0, 0.05) is 30.0 Å². The van der Waals surface area contributed by atoms with Gasteiger partial charge in [0.15, 0.2) is 6.29 Å². The van der Waals surface area contributed by atoms with E-state index in [0.29, 0.717) is 13.2 Å². The van der Waals surface area contributed by atoms with Gasteiger partial charge in [-0.15, -0.1) is 6.58 Å². The minimum Gasteiger partial charge on any atom is -0.353 e. The van der Waals surface area contributed by atoms with Crippen LogP contribution >= 0.6 is 0 Å². The summed E-state index contributed by atoms with van der Waals surface area (Å²) in [6.07, 6.45) is 3.40. The van der Waals surface area contributed by atoms with E-state index in [4.69, 9.17) is 15.2 Å². The Morgan fingerprint density at radius 1 is 1.46 bits per heavy atom. The zero-order valence-electron chi connectivity index (χ0n) is 16.2. The highest BCUT2D eigenvalue weighted by Crippen LogP contribution is 2.38. The molecule has 1 heterocycles. The topological polar surface area (TPSA) is 64.8 Å². The van der Waals surface area contributed by atoms with Crippen molar-refractivity contribution in [3.63, 3.8) is 0 Å². The number of ketones is 1. The van der Waals surface area contributed by atoms with Gasteiger partial charge in [0.05, 0.1) is 12.6 Å². The number of likely N-dealkylation sites (N-methyl/N-ethyl adjacent to an activating group) is 1. The van der Waals surface area contributed by atoms with Crippen molar-refractivity contribution in [1.29, 1.82) is 0 Å². The van der Waals surface area contributed by atoms with Crippen LogP contribution in [0.1, 0.15) is 47.5 Å². The molecule has 0 aromatic heterocycles. The molecule has 0 aromatic rings. The first-order chi connectivity index (χ1) is 11.2. The van der Waals surface area contributed by atoms with Gasteiger partial charge >= 0.3 is 0 Å². The summed E-state index contributed by atoms with van der Waals surface area (Å²) >= 11 is 0. The number of hydrogen-bond donors (Lipinski definition) is 1. The van der Waals surface area contributed by atoms with E-state index in [1.54, 1.807) is 6.92 Å². The predicted molar refractivity (Wildman–Crippen MR) is 97.7 cm³/mol. The maximum absolute atomic E-state index is 12.0. The number of nitrogens with two attached hydrogens (primary N) is 1. The lowest BCUT2D eigenvalue weighted by Gasteiger charge is -2.41. The molecular weight excluding hydrogens is 304 g/mol. The van der Waals surface area contributed by atoms with Gasteiger partial charge in [0.1, 0.15) is 5.78 Å². The fraction of sp³-hybridized carbons (Fsp3) is 0.842. The molecule has 1 rings (SSSR count). The normalized spacial score (nSPS) is 29.9. The van der Waals surface area contributed by atoms with E-state index >= 15 is 0 Å². The second-order valence-electron chi connectivity index (χ2n) is 7.22. The highest BCUT2D eigenvalue weighted by molar-refractivity contribution is 5.81. The molecule has 1 aliphatic heterocycles. The molecular formula is C19H36N2O3. The lowest BCUT2D eigenvalue weighted by Crippen LogP contribution is -2.55. The second kappa shape index (κ2) is 9.09. The van der Waals surface area contributed by atoms with Crippen LogP contribution in [0.5, 0.6) is 0 Å². The Kier molecular flexibility index (Phi) is 8.06. The number of ether oxygens (including phenoxy) is 2. The first-order valence-electron chi connectivity index (χ1n) is 9.06. The van der Waals surface area contributed by atoms with E-state index in [9.17, 15) is 4.79 Å². The van der Waals surface area contributed by atoms with Crippen molar-refractivity contribution in [3.05, 3.63) is 12.7 Å². The van der Waals surface area contributed by atoms with E-state index in [-0.39, 0.29) is 41.5 Å². The fourth-order valence-corrected chi connectivity index (χ4v) is 3.75. The summed E-state index contributed by atoms with van der Waals surface area (Å²) < 4.78 is 11.3. The highest BCUT2D eigenvalue weighted by Gasteiger charge is 2.47. The van der Waals surface area contributed by atoms with Gasteiger partial charge in [-0.05, 0) is 40.7 Å². The molecule has 5 nitrogen and oxygen atoms in total. The molecule has 140 valence electrons. The van der Waals surface area contributed by atoms with Gasteiger partial charge in [-0.3, -0.25) is 9.69 Å². The second-order valence-corrected chi connectivity index (χ2v) is 7.22. The Balaban J connectivity index is 2.96. The summed E-state index contributed by atoms with van der Waals surface area (Å²) in [4.78, 5) is 14.2. The smallest absolute Gasteiger partial charge is 0.154 e. The number of hydrogen-bond acceptors (Lipinski definition) is 5. The van der Waals surface area contributed by atoms with Crippen LogP contribution in [0.3, 0.4) is 0 Å². The molecule has 0 aliphatic carbocycles. The van der Waals surface area contributed by atoms with Gasteiger partial charge in [-0.1, -0.05) is 19.9 Å². The van der Waals surface area contributed by atoms with E-state index in [1.807, 2.05) is 27.0 Å². The Hall–Kier alpha value is -0.750. The van der Waals surface area contributed by atoms with E-state index in [1.165, 1.54) is 0 Å². The molecule has 0 saturated carbocycles. The molecule has 1 saturated heterocycles. The first kappa shape index (κ1) is 21.3. The summed E-state index contributed by atoms with van der Waals surface area (Å²) in [6, 6.07) is -0.121. The summed E-state index contributed by atoms with van der Waals surface area (Å²) in [7, 11) is 2.00. The molecule has 2 N–H and O–H groups in total. The molecule has 0 aromatic carbocycles. The molecule has 1 unspecified atom stereocenters. The zero-order chi connectivity index (χ0) is 18.5. The average Bonchev–Trinajstić information content (AvgIpc) is 2.88. The van der Waals surface area contributed by atoms with Crippen molar-refractivity contribution < 1.29 is 14.3 Å². The van der Waals surface area contributed by atoms with Crippen molar-refractivity contribution in [2.45, 2.75) is 71.9 Å². The molecule has 0 spiro atoms. The molecule has 24 heavy (non-hydrogen) atoms. The number of rotatable bonds is 10. The third kappa shape index (κ3) is 4.66. The minimum absolute atomic E-state index is 0.0793. The standard InChI is InChI=1S/C19H36N2O3/c1-8-19(6,9-2)18(20)17-15(12-24-14(5)23-10-3)11-16(13(4)22)21(17)7/h8,14-18H,1,9-12,20H2,2-7H3/t14?,15-,16+,17+,18+,19+/m0/s1. The van der Waals surface area contributed by atoms with Crippen LogP contribution in [-0.4, -0.2) is 55.4 Å². The van der Waals surface area contributed by atoms with Gasteiger partial charge in [0.2, 0.25) is 0 Å². The lowest BCUT2D eigenvalue weighted by atomic mass is 9.74. The Bertz CT molecular complexity index is 429.